The van der Waals surface area contributed by atoms with E-state index < -0.39 is 5.97 Å². The summed E-state index contributed by atoms with van der Waals surface area (Å²) in [5.74, 6) is -1.03. The van der Waals surface area contributed by atoms with Crippen molar-refractivity contribution in [2.45, 2.75) is 32.6 Å². The molecule has 0 aliphatic carbocycles. The lowest BCUT2D eigenvalue weighted by Gasteiger charge is -2.41. The number of quaternary nitrogens is 1. The normalized spacial score (nSPS) is 22.0. The number of aliphatic carboxylic acids is 1. The lowest BCUT2D eigenvalue weighted by Crippen LogP contribution is -2.57. The maximum atomic E-state index is 12.3. The van der Waals surface area contributed by atoms with Gasteiger partial charge in [-0.2, -0.15) is 0 Å². The van der Waals surface area contributed by atoms with Gasteiger partial charge in [0.1, 0.15) is 5.02 Å². The fourth-order valence-corrected chi connectivity index (χ4v) is 5.25. The SMILES string of the molecule is CCC1=C(c2ccc(Br)cc2)[N+](c2ccc(Cl)cc2Cl)(N2CCCCC2)N=C1C(=O)O. The van der Waals surface area contributed by atoms with Crippen molar-refractivity contribution < 1.29 is 9.90 Å². The Morgan fingerprint density at radius 1 is 1.13 bits per heavy atom. The number of hydrogen-bond donors (Lipinski definition) is 1. The van der Waals surface area contributed by atoms with Gasteiger partial charge in [-0.3, -0.25) is 0 Å². The summed E-state index contributed by atoms with van der Waals surface area (Å²) in [7, 11) is 0. The molecule has 5 nitrogen and oxygen atoms in total. The maximum absolute atomic E-state index is 12.3. The van der Waals surface area contributed by atoms with Gasteiger partial charge in [-0.1, -0.05) is 57.2 Å². The number of carbonyl (C=O) groups is 1. The van der Waals surface area contributed by atoms with E-state index >= 15 is 0 Å². The van der Waals surface area contributed by atoms with Crippen molar-refractivity contribution in [2.75, 3.05) is 13.1 Å². The van der Waals surface area contributed by atoms with Gasteiger partial charge in [0.2, 0.25) is 11.4 Å². The van der Waals surface area contributed by atoms with Crippen LogP contribution in [0.2, 0.25) is 10.0 Å². The Balaban J connectivity index is 2.08. The van der Waals surface area contributed by atoms with Crippen molar-refractivity contribution in [3.05, 3.63) is 68.1 Å². The number of carboxylic acid groups (broad SMARTS) is 1. The molecule has 1 N–H and O–H groups in total. The third kappa shape index (κ3) is 3.96. The Labute approximate surface area is 200 Å². The molecular formula is C23H23BrCl2N3O2+. The van der Waals surface area contributed by atoms with Crippen LogP contribution < -0.4 is 4.70 Å². The Hall–Kier alpha value is -1.70. The van der Waals surface area contributed by atoms with Crippen LogP contribution in [0.1, 0.15) is 38.2 Å². The molecule has 2 heterocycles. The number of carboxylic acids is 1. The molecule has 0 spiro atoms. The summed E-state index contributed by atoms with van der Waals surface area (Å²) in [6.07, 6.45) is 3.70. The molecule has 0 bridgehead atoms. The van der Waals surface area contributed by atoms with E-state index in [4.69, 9.17) is 28.3 Å². The summed E-state index contributed by atoms with van der Waals surface area (Å²) in [6.45, 7) is 3.53. The van der Waals surface area contributed by atoms with Crippen LogP contribution in [0.4, 0.5) is 5.69 Å². The number of hydrogen-bond acceptors (Lipinski definition) is 3. The first-order valence-corrected chi connectivity index (χ1v) is 11.9. The zero-order valence-electron chi connectivity index (χ0n) is 17.1. The number of benzene rings is 2. The van der Waals surface area contributed by atoms with Gasteiger partial charge in [0, 0.05) is 21.1 Å². The van der Waals surface area contributed by atoms with E-state index in [1.807, 2.05) is 37.3 Å². The van der Waals surface area contributed by atoms with Crippen molar-refractivity contribution in [2.24, 2.45) is 5.10 Å². The van der Waals surface area contributed by atoms with E-state index in [1.165, 1.54) is 0 Å². The van der Waals surface area contributed by atoms with Gasteiger partial charge in [0.15, 0.2) is 5.70 Å². The monoisotopic (exact) mass is 522 g/mol. The highest BCUT2D eigenvalue weighted by molar-refractivity contribution is 9.10. The van der Waals surface area contributed by atoms with Crippen LogP contribution in [0.25, 0.3) is 5.70 Å². The highest BCUT2D eigenvalue weighted by atomic mass is 79.9. The summed E-state index contributed by atoms with van der Waals surface area (Å²) in [5, 5.41) is 18.2. The number of rotatable bonds is 5. The largest absolute Gasteiger partial charge is 0.476 e. The smallest absolute Gasteiger partial charge is 0.360 e. The quantitative estimate of drug-likeness (QED) is 0.441. The molecule has 1 saturated heterocycles. The Morgan fingerprint density at radius 2 is 1.81 bits per heavy atom. The average molecular weight is 524 g/mol. The van der Waals surface area contributed by atoms with Gasteiger partial charge in [0.05, 0.1) is 18.7 Å². The minimum Gasteiger partial charge on any atom is -0.476 e. The third-order valence-corrected chi connectivity index (χ3v) is 6.86. The molecule has 4 rings (SSSR count). The predicted molar refractivity (Wildman–Crippen MR) is 130 cm³/mol. The second-order valence-corrected chi connectivity index (χ2v) is 9.41. The molecule has 0 radical (unpaired) electrons. The molecular weight excluding hydrogens is 501 g/mol. The summed E-state index contributed by atoms with van der Waals surface area (Å²) in [5.41, 5.74) is 3.24. The fourth-order valence-electron chi connectivity index (χ4n) is 4.46. The van der Waals surface area contributed by atoms with E-state index in [0.29, 0.717) is 27.7 Å². The van der Waals surface area contributed by atoms with Gasteiger partial charge in [0.25, 0.3) is 0 Å². The van der Waals surface area contributed by atoms with Gasteiger partial charge >= 0.3 is 5.97 Å². The standard InChI is InChI=1S/C23H22BrCl2N3O2/c1-2-18-21(23(30)31)27-29(28-12-4-3-5-13-28,20-11-10-17(25)14-19(20)26)22(18)15-6-8-16(24)9-7-15/h6-11,14H,2-5,12-13H2,1H3/p+1. The van der Waals surface area contributed by atoms with Crippen LogP contribution >= 0.6 is 39.1 Å². The number of halogens is 3. The first-order valence-electron chi connectivity index (χ1n) is 10.3. The summed E-state index contributed by atoms with van der Waals surface area (Å²) in [4.78, 5) is 12.3. The lowest BCUT2D eigenvalue weighted by atomic mass is 10.00. The summed E-state index contributed by atoms with van der Waals surface area (Å²) in [6, 6.07) is 13.3. The van der Waals surface area contributed by atoms with Crippen molar-refractivity contribution in [3.8, 4) is 0 Å². The molecule has 2 aliphatic heterocycles. The second kappa shape index (κ2) is 9.04. The van der Waals surface area contributed by atoms with Crippen molar-refractivity contribution in [1.82, 2.24) is 9.71 Å². The molecule has 2 aromatic carbocycles. The molecule has 31 heavy (non-hydrogen) atoms. The van der Waals surface area contributed by atoms with Crippen LogP contribution in [0.3, 0.4) is 0 Å². The van der Waals surface area contributed by atoms with Crippen molar-refractivity contribution in [1.29, 1.82) is 0 Å². The first-order chi connectivity index (χ1) is 14.9. The second-order valence-electron chi connectivity index (χ2n) is 7.65. The molecule has 1 unspecified atom stereocenters. The van der Waals surface area contributed by atoms with E-state index in [9.17, 15) is 9.90 Å². The molecule has 162 valence electrons. The Bertz CT molecular complexity index is 1080. The Morgan fingerprint density at radius 3 is 2.39 bits per heavy atom. The average Bonchev–Trinajstić information content (AvgIpc) is 3.11. The maximum Gasteiger partial charge on any atom is 0.360 e. The molecule has 1 atom stereocenters. The Kier molecular flexibility index (Phi) is 6.56. The van der Waals surface area contributed by atoms with Crippen LogP contribution in [-0.2, 0) is 4.79 Å². The summed E-state index contributed by atoms with van der Waals surface area (Å²) >= 11 is 16.5. The lowest BCUT2D eigenvalue weighted by molar-refractivity contribution is -0.129. The van der Waals surface area contributed by atoms with Crippen LogP contribution in [0.15, 0.2) is 57.6 Å². The van der Waals surface area contributed by atoms with E-state index in [-0.39, 0.29) is 10.4 Å². The van der Waals surface area contributed by atoms with Crippen molar-refractivity contribution in [3.63, 3.8) is 0 Å². The van der Waals surface area contributed by atoms with E-state index in [1.54, 1.807) is 12.1 Å². The van der Waals surface area contributed by atoms with Crippen molar-refractivity contribution >= 4 is 62.2 Å². The highest BCUT2D eigenvalue weighted by Gasteiger charge is 2.53. The topological polar surface area (TPSA) is 52.9 Å². The van der Waals surface area contributed by atoms with Gasteiger partial charge in [-0.25, -0.2) is 4.79 Å². The highest BCUT2D eigenvalue weighted by Crippen LogP contribution is 2.48. The molecule has 1 fully saturated rings. The first kappa shape index (κ1) is 22.5. The third-order valence-electron chi connectivity index (χ3n) is 5.79. The molecule has 0 amide bonds. The van der Waals surface area contributed by atoms with Crippen LogP contribution in [0, 0.1) is 0 Å². The minimum absolute atomic E-state index is 0.0806. The fraction of sp³-hybridized carbons (Fsp3) is 0.304. The van der Waals surface area contributed by atoms with Gasteiger partial charge in [-0.15, -0.1) is 5.01 Å². The molecule has 8 heteroatoms. The molecule has 0 aromatic heterocycles. The molecule has 2 aliphatic rings. The van der Waals surface area contributed by atoms with Gasteiger partial charge in [-0.05, 0) is 60.8 Å². The van der Waals surface area contributed by atoms with E-state index in [2.05, 4.69) is 20.9 Å². The predicted octanol–water partition coefficient (Wildman–Crippen LogP) is 6.74. The summed E-state index contributed by atoms with van der Waals surface area (Å²) < 4.78 is 0.871. The number of piperidine rings is 1. The zero-order chi connectivity index (χ0) is 22.2. The number of nitrogens with zero attached hydrogens (tertiary/aromatic N) is 3. The van der Waals surface area contributed by atoms with E-state index in [0.717, 1.165) is 48.1 Å². The van der Waals surface area contributed by atoms with Crippen LogP contribution in [-0.4, -0.2) is 34.9 Å². The minimum atomic E-state index is -1.03. The molecule has 0 saturated carbocycles. The molecule has 2 aromatic rings. The zero-order valence-corrected chi connectivity index (χ0v) is 20.2. The van der Waals surface area contributed by atoms with Crippen LogP contribution in [0.5, 0.6) is 0 Å². The van der Waals surface area contributed by atoms with Gasteiger partial charge < -0.3 is 5.11 Å².